The highest BCUT2D eigenvalue weighted by Gasteiger charge is 2.49. The Hall–Kier alpha value is -3.85. The number of rotatable bonds is 6. The first kappa shape index (κ1) is 33.1. The maximum absolute atomic E-state index is 14.1. The number of halogens is 9. The molecule has 16 heteroatoms. The number of fused-ring (bicyclic) bond motifs is 1. The number of amides is 2. The van der Waals surface area contributed by atoms with Gasteiger partial charge in [-0.05, 0) is 68.0 Å². The van der Waals surface area contributed by atoms with Gasteiger partial charge in [-0.15, -0.1) is 0 Å². The molecule has 2 aliphatic rings. The minimum Gasteiger partial charge on any atom is -0.496 e. The van der Waals surface area contributed by atoms with E-state index in [4.69, 9.17) is 14.2 Å². The van der Waals surface area contributed by atoms with E-state index >= 15 is 0 Å². The number of ether oxygens (including phenoxy) is 3. The molecule has 1 saturated carbocycles. The summed E-state index contributed by atoms with van der Waals surface area (Å²) in [6.07, 6.45) is -16.4. The summed E-state index contributed by atoms with van der Waals surface area (Å²) in [4.78, 5) is 28.1. The third-order valence-corrected chi connectivity index (χ3v) is 7.49. The topological polar surface area (TPSA) is 68.3 Å². The second kappa shape index (κ2) is 11.9. The largest absolute Gasteiger partial charge is 0.496 e. The van der Waals surface area contributed by atoms with Crippen LogP contribution in [0.25, 0.3) is 0 Å². The first-order valence-corrected chi connectivity index (χ1v) is 13.3. The monoisotopic (exact) mass is 642 g/mol. The fourth-order valence-electron chi connectivity index (χ4n) is 5.42. The van der Waals surface area contributed by atoms with Crippen LogP contribution in [-0.4, -0.2) is 44.0 Å². The maximum Gasteiger partial charge on any atom is 0.420 e. The van der Waals surface area contributed by atoms with Crippen molar-refractivity contribution in [3.63, 3.8) is 0 Å². The van der Waals surface area contributed by atoms with Crippen molar-refractivity contribution < 1.29 is 63.3 Å². The van der Waals surface area contributed by atoms with E-state index in [1.807, 2.05) is 0 Å². The fourth-order valence-corrected chi connectivity index (χ4v) is 5.42. The SMILES string of the molecule is CCOC(=O)N1c2cc(C(F)(F)F)c(OC)cc2[C@@H](N(Cc2cc(C(F)(F)F)cc(C(F)(F)F)c2)C(=O)OC)C[C@H]1C1CC1. The second-order valence-corrected chi connectivity index (χ2v) is 10.3. The molecule has 0 unspecified atom stereocenters. The van der Waals surface area contributed by atoms with E-state index in [0.29, 0.717) is 31.0 Å². The molecule has 2 atom stereocenters. The molecule has 2 aromatic carbocycles. The van der Waals surface area contributed by atoms with Gasteiger partial charge in [-0.1, -0.05) is 0 Å². The van der Waals surface area contributed by atoms with E-state index in [9.17, 15) is 49.1 Å². The molecule has 0 spiro atoms. The summed E-state index contributed by atoms with van der Waals surface area (Å²) < 4.78 is 139. The van der Waals surface area contributed by atoms with Gasteiger partial charge < -0.3 is 14.2 Å². The molecule has 242 valence electrons. The molecular formula is C28H27F9N2O5. The van der Waals surface area contributed by atoms with Crippen LogP contribution < -0.4 is 9.64 Å². The highest BCUT2D eigenvalue weighted by Crippen LogP contribution is 2.52. The van der Waals surface area contributed by atoms with Crippen molar-refractivity contribution in [3.05, 3.63) is 58.1 Å². The number of hydrogen-bond donors (Lipinski definition) is 0. The first-order valence-electron chi connectivity index (χ1n) is 13.3. The summed E-state index contributed by atoms with van der Waals surface area (Å²) in [5.74, 6) is -0.908. The van der Waals surface area contributed by atoms with Gasteiger partial charge in [0.25, 0.3) is 0 Å². The van der Waals surface area contributed by atoms with E-state index in [1.54, 1.807) is 0 Å². The Balaban J connectivity index is 1.93. The zero-order valence-electron chi connectivity index (χ0n) is 23.5. The maximum atomic E-state index is 14.1. The van der Waals surface area contributed by atoms with Crippen molar-refractivity contribution in [1.82, 2.24) is 4.90 Å². The molecule has 2 aromatic rings. The van der Waals surface area contributed by atoms with Crippen molar-refractivity contribution in [3.8, 4) is 5.75 Å². The zero-order valence-corrected chi connectivity index (χ0v) is 23.5. The molecule has 0 saturated heterocycles. The van der Waals surface area contributed by atoms with Gasteiger partial charge in [0.2, 0.25) is 0 Å². The summed E-state index contributed by atoms with van der Waals surface area (Å²) in [5, 5.41) is 0. The molecule has 0 bridgehead atoms. The van der Waals surface area contributed by atoms with Gasteiger partial charge in [-0.25, -0.2) is 9.59 Å². The number of benzene rings is 2. The zero-order chi connectivity index (χ0) is 32.8. The normalized spacial score (nSPS) is 18.9. The molecule has 1 aliphatic heterocycles. The molecule has 0 N–H and O–H groups in total. The molecule has 2 amide bonds. The van der Waals surface area contributed by atoms with Crippen LogP contribution in [-0.2, 0) is 34.5 Å². The number of anilines is 1. The molecule has 1 heterocycles. The summed E-state index contributed by atoms with van der Waals surface area (Å²) in [6.45, 7) is 0.541. The van der Waals surface area contributed by atoms with Crippen molar-refractivity contribution in [2.75, 3.05) is 25.7 Å². The van der Waals surface area contributed by atoms with E-state index < -0.39 is 77.3 Å². The highest BCUT2D eigenvalue weighted by molar-refractivity contribution is 5.91. The van der Waals surface area contributed by atoms with Gasteiger partial charge in [0.05, 0.1) is 49.2 Å². The average molecular weight is 643 g/mol. The van der Waals surface area contributed by atoms with Crippen molar-refractivity contribution in [1.29, 1.82) is 0 Å². The van der Waals surface area contributed by atoms with Crippen LogP contribution in [0.5, 0.6) is 5.75 Å². The Morgan fingerprint density at radius 1 is 0.886 bits per heavy atom. The van der Waals surface area contributed by atoms with Crippen molar-refractivity contribution >= 4 is 17.9 Å². The number of methoxy groups -OCH3 is 2. The molecule has 7 nitrogen and oxygen atoms in total. The summed E-state index contributed by atoms with van der Waals surface area (Å²) in [6, 6.07) is 0.368. The standard InChI is InChI=1S/C28H27F9N2O5/c1-4-44-25(41)39-20(15-5-6-15)12-21(18-10-23(42-2)19(11-22(18)39)28(35,36)37)38(24(40)43-3)13-14-7-16(26(29,30)31)9-17(8-14)27(32,33)34/h7-11,15,20-21H,4-6,12-13H2,1-3H3/t20-,21-/m0/s1. The fraction of sp³-hybridized carbons (Fsp3) is 0.500. The minimum atomic E-state index is -5.16. The van der Waals surface area contributed by atoms with E-state index in [2.05, 4.69) is 0 Å². The quantitative estimate of drug-likeness (QED) is 0.297. The van der Waals surface area contributed by atoms with Crippen LogP contribution in [0.1, 0.15) is 60.0 Å². The smallest absolute Gasteiger partial charge is 0.420 e. The van der Waals surface area contributed by atoms with Gasteiger partial charge in [0.1, 0.15) is 5.75 Å². The predicted octanol–water partition coefficient (Wildman–Crippen LogP) is 8.21. The van der Waals surface area contributed by atoms with Crippen LogP contribution in [0.4, 0.5) is 54.8 Å². The number of hydrogen-bond acceptors (Lipinski definition) is 5. The average Bonchev–Trinajstić information content (AvgIpc) is 3.78. The van der Waals surface area contributed by atoms with Gasteiger partial charge in [0, 0.05) is 18.2 Å². The Bertz CT molecular complexity index is 1370. The van der Waals surface area contributed by atoms with E-state index in [0.717, 1.165) is 30.1 Å². The summed E-state index contributed by atoms with van der Waals surface area (Å²) in [7, 11) is 1.90. The number of carbonyl (C=O) groups is 2. The van der Waals surface area contributed by atoms with Crippen molar-refractivity contribution in [2.45, 2.75) is 63.3 Å². The third kappa shape index (κ3) is 6.78. The number of alkyl halides is 9. The molecule has 1 fully saturated rings. The lowest BCUT2D eigenvalue weighted by atomic mass is 9.86. The van der Waals surface area contributed by atoms with Crippen molar-refractivity contribution in [2.24, 2.45) is 5.92 Å². The van der Waals surface area contributed by atoms with E-state index in [1.165, 1.54) is 6.92 Å². The molecule has 0 radical (unpaired) electrons. The first-order chi connectivity index (χ1) is 20.4. The van der Waals surface area contributed by atoms with Crippen LogP contribution in [0.2, 0.25) is 0 Å². The Kier molecular flexibility index (Phi) is 8.95. The lowest BCUT2D eigenvalue weighted by molar-refractivity contribution is -0.143. The number of nitrogens with zero attached hydrogens (tertiary/aromatic N) is 2. The lowest BCUT2D eigenvalue weighted by Crippen LogP contribution is -2.50. The third-order valence-electron chi connectivity index (χ3n) is 7.49. The molecule has 4 rings (SSSR count). The lowest BCUT2D eigenvalue weighted by Gasteiger charge is -2.44. The highest BCUT2D eigenvalue weighted by atomic mass is 19.4. The Morgan fingerprint density at radius 2 is 1.48 bits per heavy atom. The second-order valence-electron chi connectivity index (χ2n) is 10.3. The summed E-state index contributed by atoms with van der Waals surface area (Å²) >= 11 is 0. The minimum absolute atomic E-state index is 0.0637. The van der Waals surface area contributed by atoms with Crippen LogP contribution in [0.15, 0.2) is 30.3 Å². The molecular weight excluding hydrogens is 615 g/mol. The Labute approximate surface area is 245 Å². The number of carbonyl (C=O) groups excluding carboxylic acids is 2. The van der Waals surface area contributed by atoms with Crippen LogP contribution in [0.3, 0.4) is 0 Å². The molecule has 1 aliphatic carbocycles. The summed E-state index contributed by atoms with van der Waals surface area (Å²) in [5.41, 5.74) is -5.41. The molecule has 44 heavy (non-hydrogen) atoms. The van der Waals surface area contributed by atoms with Gasteiger partial charge in [-0.2, -0.15) is 39.5 Å². The van der Waals surface area contributed by atoms with Gasteiger partial charge in [-0.3, -0.25) is 9.80 Å². The van der Waals surface area contributed by atoms with E-state index in [-0.39, 0.29) is 36.3 Å². The molecule has 0 aromatic heterocycles. The predicted molar refractivity (Wildman–Crippen MR) is 136 cm³/mol. The van der Waals surface area contributed by atoms with Gasteiger partial charge >= 0.3 is 30.7 Å². The van der Waals surface area contributed by atoms with Gasteiger partial charge in [0.15, 0.2) is 0 Å². The Morgan fingerprint density at radius 3 is 1.93 bits per heavy atom. The van der Waals surface area contributed by atoms with Crippen LogP contribution in [0, 0.1) is 5.92 Å². The van der Waals surface area contributed by atoms with Crippen LogP contribution >= 0.6 is 0 Å².